The summed E-state index contributed by atoms with van der Waals surface area (Å²) in [6.45, 7) is 2.25. The van der Waals surface area contributed by atoms with E-state index < -0.39 is 18.0 Å². The lowest BCUT2D eigenvalue weighted by Crippen LogP contribution is -2.45. The number of rotatable bonds is 9. The zero-order valence-corrected chi connectivity index (χ0v) is 19.5. The Balaban J connectivity index is 1.32. The molecule has 2 aliphatic carbocycles. The lowest BCUT2D eigenvalue weighted by atomic mass is 9.98. The van der Waals surface area contributed by atoms with E-state index in [0.29, 0.717) is 19.3 Å². The molecule has 7 heteroatoms. The van der Waals surface area contributed by atoms with Gasteiger partial charge in [-0.1, -0.05) is 68.3 Å². The molecule has 3 unspecified atom stereocenters. The highest BCUT2D eigenvalue weighted by molar-refractivity contribution is 5.82. The van der Waals surface area contributed by atoms with Crippen molar-refractivity contribution in [1.29, 1.82) is 0 Å². The molecule has 2 aliphatic rings. The monoisotopic (exact) mass is 464 g/mol. The molecule has 0 aromatic heterocycles. The van der Waals surface area contributed by atoms with Crippen LogP contribution in [0.15, 0.2) is 48.5 Å². The van der Waals surface area contributed by atoms with E-state index in [-0.39, 0.29) is 36.9 Å². The van der Waals surface area contributed by atoms with Crippen LogP contribution in [0.3, 0.4) is 0 Å². The molecule has 3 atom stereocenters. The Morgan fingerprint density at radius 2 is 1.68 bits per heavy atom. The van der Waals surface area contributed by atoms with Gasteiger partial charge in [-0.2, -0.15) is 0 Å². The van der Waals surface area contributed by atoms with Crippen molar-refractivity contribution in [1.82, 2.24) is 10.6 Å². The number of carbonyl (C=O) groups is 3. The first-order valence-corrected chi connectivity index (χ1v) is 12.1. The van der Waals surface area contributed by atoms with Crippen molar-refractivity contribution in [3.8, 4) is 11.1 Å². The number of fused-ring (bicyclic) bond motifs is 3. The molecular weight excluding hydrogens is 432 g/mol. The van der Waals surface area contributed by atoms with Crippen molar-refractivity contribution >= 4 is 18.0 Å². The van der Waals surface area contributed by atoms with Gasteiger partial charge >= 0.3 is 12.1 Å². The second kappa shape index (κ2) is 10.7. The van der Waals surface area contributed by atoms with Crippen LogP contribution < -0.4 is 10.6 Å². The molecule has 0 saturated heterocycles. The maximum Gasteiger partial charge on any atom is 0.407 e. The third-order valence-corrected chi connectivity index (χ3v) is 7.01. The van der Waals surface area contributed by atoms with Crippen molar-refractivity contribution < 1.29 is 24.2 Å². The Bertz CT molecular complexity index is 1010. The second-order valence-electron chi connectivity index (χ2n) is 9.18. The van der Waals surface area contributed by atoms with Crippen LogP contribution in [-0.4, -0.2) is 42.3 Å². The summed E-state index contributed by atoms with van der Waals surface area (Å²) in [5.41, 5.74) is 4.63. The molecule has 180 valence electrons. The maximum absolute atomic E-state index is 12.7. The van der Waals surface area contributed by atoms with Gasteiger partial charge in [0.05, 0.1) is 11.8 Å². The fraction of sp³-hybridized carbons (Fsp3) is 0.444. The van der Waals surface area contributed by atoms with Gasteiger partial charge in [-0.05, 0) is 41.5 Å². The molecule has 0 bridgehead atoms. The summed E-state index contributed by atoms with van der Waals surface area (Å²) in [6.07, 6.45) is 2.90. The number of carboxylic acid groups (broad SMARTS) is 1. The van der Waals surface area contributed by atoms with Crippen molar-refractivity contribution in [3.05, 3.63) is 59.7 Å². The summed E-state index contributed by atoms with van der Waals surface area (Å²) >= 11 is 0. The number of carboxylic acids is 1. The Morgan fingerprint density at radius 1 is 1.03 bits per heavy atom. The number of ether oxygens (including phenoxy) is 1. The molecule has 0 heterocycles. The van der Waals surface area contributed by atoms with Crippen LogP contribution in [0.2, 0.25) is 0 Å². The molecule has 0 radical (unpaired) electrons. The number of benzene rings is 2. The van der Waals surface area contributed by atoms with Gasteiger partial charge in [0.15, 0.2) is 0 Å². The molecule has 1 fully saturated rings. The third-order valence-electron chi connectivity index (χ3n) is 7.01. The van der Waals surface area contributed by atoms with E-state index in [2.05, 4.69) is 34.9 Å². The molecule has 2 aromatic rings. The highest BCUT2D eigenvalue weighted by Gasteiger charge is 2.35. The minimum absolute atomic E-state index is 0.0210. The highest BCUT2D eigenvalue weighted by atomic mass is 16.5. The number of aliphatic carboxylic acids is 1. The summed E-state index contributed by atoms with van der Waals surface area (Å²) in [5, 5.41) is 15.0. The lowest BCUT2D eigenvalue weighted by Gasteiger charge is -2.22. The van der Waals surface area contributed by atoms with Crippen molar-refractivity contribution in [2.45, 2.75) is 51.0 Å². The molecule has 3 N–H and O–H groups in total. The van der Waals surface area contributed by atoms with Gasteiger partial charge < -0.3 is 20.5 Å². The van der Waals surface area contributed by atoms with E-state index in [4.69, 9.17) is 4.74 Å². The van der Waals surface area contributed by atoms with E-state index in [1.807, 2.05) is 31.2 Å². The maximum atomic E-state index is 12.7. The van der Waals surface area contributed by atoms with Crippen LogP contribution in [0.1, 0.15) is 56.1 Å². The minimum atomic E-state index is -0.901. The summed E-state index contributed by atoms with van der Waals surface area (Å²) in [7, 11) is 0. The van der Waals surface area contributed by atoms with Gasteiger partial charge in [-0.15, -0.1) is 0 Å². The van der Waals surface area contributed by atoms with Gasteiger partial charge in [-0.25, -0.2) is 4.79 Å². The Morgan fingerprint density at radius 3 is 2.29 bits per heavy atom. The molecule has 0 aliphatic heterocycles. The summed E-state index contributed by atoms with van der Waals surface area (Å²) in [6, 6.07) is 16.0. The molecule has 1 saturated carbocycles. The third kappa shape index (κ3) is 5.08. The number of alkyl carbamates (subject to hydrolysis) is 1. The molecule has 4 rings (SSSR count). The van der Waals surface area contributed by atoms with Crippen molar-refractivity contribution in [2.75, 3.05) is 13.2 Å². The fourth-order valence-corrected chi connectivity index (χ4v) is 5.25. The fourth-order valence-electron chi connectivity index (χ4n) is 5.25. The zero-order chi connectivity index (χ0) is 24.1. The molecule has 7 nitrogen and oxygen atoms in total. The second-order valence-corrected chi connectivity index (χ2v) is 9.18. The van der Waals surface area contributed by atoms with E-state index in [0.717, 1.165) is 24.0 Å². The molecule has 0 spiro atoms. The van der Waals surface area contributed by atoms with Crippen LogP contribution in [0.4, 0.5) is 4.79 Å². The average molecular weight is 465 g/mol. The Labute approximate surface area is 199 Å². The Hall–Kier alpha value is -3.35. The quantitative estimate of drug-likeness (QED) is 0.513. The number of carbonyl (C=O) groups excluding carboxylic acids is 2. The highest BCUT2D eigenvalue weighted by Crippen LogP contribution is 2.44. The SMILES string of the molecule is CCCC(CNC(=O)C1CCCC1NC(=O)OCC1c2ccccc2-c2ccccc21)C(=O)O. The first-order valence-electron chi connectivity index (χ1n) is 12.1. The standard InChI is InChI=1S/C27H32N2O5/c1-2-8-17(26(31)32)15-28-25(30)22-13-7-14-24(22)29-27(33)34-16-23-20-11-5-3-9-18(20)19-10-4-6-12-21(19)23/h3-6,9-12,17,22-24H,2,7-8,13-16H2,1H3,(H,28,30)(H,29,33)(H,31,32). The van der Waals surface area contributed by atoms with E-state index >= 15 is 0 Å². The molecule has 2 amide bonds. The van der Waals surface area contributed by atoms with E-state index in [9.17, 15) is 19.5 Å². The zero-order valence-electron chi connectivity index (χ0n) is 19.5. The largest absolute Gasteiger partial charge is 0.481 e. The van der Waals surface area contributed by atoms with Crippen LogP contribution in [0, 0.1) is 11.8 Å². The smallest absolute Gasteiger partial charge is 0.407 e. The van der Waals surface area contributed by atoms with Crippen molar-refractivity contribution in [2.24, 2.45) is 11.8 Å². The van der Waals surface area contributed by atoms with Gasteiger partial charge in [0.2, 0.25) is 5.91 Å². The molecule has 34 heavy (non-hydrogen) atoms. The van der Waals surface area contributed by atoms with Crippen LogP contribution in [0.25, 0.3) is 11.1 Å². The minimum Gasteiger partial charge on any atom is -0.481 e. The predicted octanol–water partition coefficient (Wildman–Crippen LogP) is 4.31. The Kier molecular flexibility index (Phi) is 7.50. The number of nitrogens with one attached hydrogen (secondary N) is 2. The average Bonchev–Trinajstić information content (AvgIpc) is 3.42. The van der Waals surface area contributed by atoms with E-state index in [1.165, 1.54) is 11.1 Å². The van der Waals surface area contributed by atoms with Crippen LogP contribution in [-0.2, 0) is 14.3 Å². The van der Waals surface area contributed by atoms with Gasteiger partial charge in [0.1, 0.15) is 6.61 Å². The summed E-state index contributed by atoms with van der Waals surface area (Å²) in [4.78, 5) is 36.7. The van der Waals surface area contributed by atoms with Gasteiger partial charge in [-0.3, -0.25) is 9.59 Å². The topological polar surface area (TPSA) is 105 Å². The number of hydrogen-bond acceptors (Lipinski definition) is 4. The van der Waals surface area contributed by atoms with Crippen molar-refractivity contribution in [3.63, 3.8) is 0 Å². The summed E-state index contributed by atoms with van der Waals surface area (Å²) < 4.78 is 5.63. The van der Waals surface area contributed by atoms with Crippen LogP contribution >= 0.6 is 0 Å². The van der Waals surface area contributed by atoms with Crippen LogP contribution in [0.5, 0.6) is 0 Å². The predicted molar refractivity (Wildman–Crippen MR) is 128 cm³/mol. The number of amides is 2. The normalized spacial score (nSPS) is 19.7. The van der Waals surface area contributed by atoms with Gasteiger partial charge in [0.25, 0.3) is 0 Å². The molecular formula is C27H32N2O5. The summed E-state index contributed by atoms with van der Waals surface area (Å²) in [5.74, 6) is -2.10. The molecule has 2 aromatic carbocycles. The lowest BCUT2D eigenvalue weighted by molar-refractivity contribution is -0.142. The van der Waals surface area contributed by atoms with Gasteiger partial charge in [0, 0.05) is 18.5 Å². The first-order chi connectivity index (χ1) is 16.5. The van der Waals surface area contributed by atoms with E-state index in [1.54, 1.807) is 0 Å². The first kappa shape index (κ1) is 23.8. The number of hydrogen-bond donors (Lipinski definition) is 3.